The fourth-order valence-electron chi connectivity index (χ4n) is 2.35. The van der Waals surface area contributed by atoms with E-state index in [0.717, 1.165) is 28.7 Å². The number of para-hydroxylation sites is 1. The van der Waals surface area contributed by atoms with Crippen LogP contribution >= 0.6 is 11.3 Å². The van der Waals surface area contributed by atoms with Gasteiger partial charge in [-0.25, -0.2) is 9.37 Å². The number of carbonyl (C=O) groups excluding carboxylic acids is 2. The van der Waals surface area contributed by atoms with Crippen LogP contribution in [0.5, 0.6) is 0 Å². The Bertz CT molecular complexity index is 984. The van der Waals surface area contributed by atoms with Crippen molar-refractivity contribution in [1.29, 1.82) is 0 Å². The monoisotopic (exact) mass is 369 g/mol. The number of anilines is 2. The molecule has 1 aromatic heterocycles. The van der Waals surface area contributed by atoms with E-state index in [0.29, 0.717) is 10.6 Å². The van der Waals surface area contributed by atoms with Crippen molar-refractivity contribution in [2.75, 3.05) is 10.6 Å². The van der Waals surface area contributed by atoms with E-state index >= 15 is 0 Å². The number of aromatic nitrogens is 1. The van der Waals surface area contributed by atoms with Crippen LogP contribution in [0.3, 0.4) is 0 Å². The third-order valence-electron chi connectivity index (χ3n) is 3.70. The van der Waals surface area contributed by atoms with Gasteiger partial charge in [0.25, 0.3) is 11.8 Å². The molecule has 0 spiro atoms. The first-order chi connectivity index (χ1) is 12.4. The lowest BCUT2D eigenvalue weighted by molar-refractivity contribution is 0.101. The van der Waals surface area contributed by atoms with Gasteiger partial charge in [-0.1, -0.05) is 35.6 Å². The average Bonchev–Trinajstić information content (AvgIpc) is 2.97. The first-order valence-corrected chi connectivity index (χ1v) is 8.67. The normalized spacial score (nSPS) is 10.4. The highest BCUT2D eigenvalue weighted by molar-refractivity contribution is 7.17. The molecule has 0 unspecified atom stereocenters. The number of benzene rings is 2. The molecule has 0 bridgehead atoms. The molecule has 1 heterocycles. The standard InChI is InChI=1S/C19H16FN3O2S/c1-11-6-3-4-9-15(11)22-18(25)16-12(2)21-19(26-16)23-17(24)13-7-5-8-14(20)10-13/h3-10H,1-2H3,(H,22,25)(H,21,23,24). The molecule has 3 aromatic rings. The Morgan fingerprint density at radius 3 is 2.50 bits per heavy atom. The van der Waals surface area contributed by atoms with Crippen molar-refractivity contribution in [2.24, 2.45) is 0 Å². The van der Waals surface area contributed by atoms with Gasteiger partial charge < -0.3 is 5.32 Å². The largest absolute Gasteiger partial charge is 0.321 e. The zero-order chi connectivity index (χ0) is 18.7. The van der Waals surface area contributed by atoms with Crippen molar-refractivity contribution in [3.63, 3.8) is 0 Å². The number of hydrogen-bond donors (Lipinski definition) is 2. The molecule has 0 aliphatic carbocycles. The number of aryl methyl sites for hydroxylation is 2. The van der Waals surface area contributed by atoms with Crippen molar-refractivity contribution < 1.29 is 14.0 Å². The van der Waals surface area contributed by atoms with E-state index < -0.39 is 11.7 Å². The lowest BCUT2D eigenvalue weighted by Crippen LogP contribution is -2.12. The molecule has 0 atom stereocenters. The summed E-state index contributed by atoms with van der Waals surface area (Å²) in [5.74, 6) is -1.27. The van der Waals surface area contributed by atoms with Crippen molar-refractivity contribution >= 4 is 34.0 Å². The Hall–Kier alpha value is -3.06. The van der Waals surface area contributed by atoms with Crippen molar-refractivity contribution in [3.8, 4) is 0 Å². The molecule has 0 fully saturated rings. The first kappa shape index (κ1) is 17.8. The summed E-state index contributed by atoms with van der Waals surface area (Å²) in [4.78, 5) is 29.3. The number of thiazole rings is 1. The lowest BCUT2D eigenvalue weighted by Gasteiger charge is -2.06. The number of hydrogen-bond acceptors (Lipinski definition) is 4. The summed E-state index contributed by atoms with van der Waals surface area (Å²) < 4.78 is 13.2. The second kappa shape index (κ2) is 7.45. The summed E-state index contributed by atoms with van der Waals surface area (Å²) in [7, 11) is 0. The third-order valence-corrected chi connectivity index (χ3v) is 4.77. The van der Waals surface area contributed by atoms with Gasteiger partial charge in [-0.15, -0.1) is 0 Å². The van der Waals surface area contributed by atoms with Crippen molar-refractivity contribution in [1.82, 2.24) is 4.98 Å². The molecule has 2 amide bonds. The van der Waals surface area contributed by atoms with Gasteiger partial charge in [0.05, 0.1) is 5.69 Å². The van der Waals surface area contributed by atoms with Crippen LogP contribution in [-0.4, -0.2) is 16.8 Å². The fraction of sp³-hybridized carbons (Fsp3) is 0.105. The molecule has 2 N–H and O–H groups in total. The van der Waals surface area contributed by atoms with E-state index in [1.54, 1.807) is 6.92 Å². The minimum Gasteiger partial charge on any atom is -0.321 e. The molecule has 0 saturated carbocycles. The molecular weight excluding hydrogens is 353 g/mol. The minimum atomic E-state index is -0.494. The van der Waals surface area contributed by atoms with Gasteiger partial charge in [-0.2, -0.15) is 0 Å². The Kier molecular flexibility index (Phi) is 5.09. The molecule has 3 rings (SSSR count). The molecule has 26 heavy (non-hydrogen) atoms. The minimum absolute atomic E-state index is 0.184. The van der Waals surface area contributed by atoms with Gasteiger partial charge in [-0.05, 0) is 43.7 Å². The Morgan fingerprint density at radius 1 is 1.00 bits per heavy atom. The van der Waals surface area contributed by atoms with Crippen LogP contribution < -0.4 is 10.6 Å². The van der Waals surface area contributed by atoms with E-state index in [1.807, 2.05) is 31.2 Å². The molecule has 132 valence electrons. The smallest absolute Gasteiger partial charge is 0.267 e. The summed E-state index contributed by atoms with van der Waals surface area (Å²) in [6.07, 6.45) is 0. The van der Waals surface area contributed by atoms with Crippen molar-refractivity contribution in [2.45, 2.75) is 13.8 Å². The van der Waals surface area contributed by atoms with Crippen LogP contribution in [0.15, 0.2) is 48.5 Å². The zero-order valence-corrected chi connectivity index (χ0v) is 15.0. The molecule has 0 aliphatic heterocycles. The van der Waals surface area contributed by atoms with Gasteiger partial charge in [0, 0.05) is 11.3 Å². The van der Waals surface area contributed by atoms with Crippen LogP contribution in [0.25, 0.3) is 0 Å². The van der Waals surface area contributed by atoms with E-state index in [4.69, 9.17) is 0 Å². The third kappa shape index (κ3) is 3.94. The molecule has 0 saturated heterocycles. The average molecular weight is 369 g/mol. The quantitative estimate of drug-likeness (QED) is 0.716. The Morgan fingerprint density at radius 2 is 1.77 bits per heavy atom. The van der Waals surface area contributed by atoms with Crippen LogP contribution in [-0.2, 0) is 0 Å². The number of carbonyl (C=O) groups is 2. The molecule has 0 radical (unpaired) electrons. The predicted octanol–water partition coefficient (Wildman–Crippen LogP) is 4.40. The summed E-state index contributed by atoms with van der Waals surface area (Å²) in [6, 6.07) is 12.8. The summed E-state index contributed by atoms with van der Waals surface area (Å²) in [5.41, 5.74) is 2.36. The van der Waals surface area contributed by atoms with E-state index in [1.165, 1.54) is 18.2 Å². The summed E-state index contributed by atoms with van der Waals surface area (Å²) in [6.45, 7) is 3.60. The lowest BCUT2D eigenvalue weighted by atomic mass is 10.2. The van der Waals surface area contributed by atoms with Gasteiger partial charge in [-0.3, -0.25) is 14.9 Å². The number of nitrogens with zero attached hydrogens (tertiary/aromatic N) is 1. The highest BCUT2D eigenvalue weighted by Crippen LogP contribution is 2.25. The number of amides is 2. The Balaban J connectivity index is 1.75. The van der Waals surface area contributed by atoms with Gasteiger partial charge in [0.15, 0.2) is 5.13 Å². The van der Waals surface area contributed by atoms with Crippen LogP contribution in [0.2, 0.25) is 0 Å². The summed E-state index contributed by atoms with van der Waals surface area (Å²) >= 11 is 1.07. The Labute approximate surface area is 153 Å². The van der Waals surface area contributed by atoms with Crippen LogP contribution in [0.1, 0.15) is 31.3 Å². The van der Waals surface area contributed by atoms with Crippen molar-refractivity contribution in [3.05, 3.63) is 76.0 Å². The van der Waals surface area contributed by atoms with E-state index in [-0.39, 0.29) is 16.6 Å². The summed E-state index contributed by atoms with van der Waals surface area (Å²) in [5, 5.41) is 5.72. The van der Waals surface area contributed by atoms with Crippen LogP contribution in [0, 0.1) is 19.7 Å². The molecular formula is C19H16FN3O2S. The number of nitrogens with one attached hydrogen (secondary N) is 2. The maximum Gasteiger partial charge on any atom is 0.267 e. The second-order valence-electron chi connectivity index (χ2n) is 5.67. The molecule has 2 aromatic carbocycles. The number of rotatable bonds is 4. The van der Waals surface area contributed by atoms with Gasteiger partial charge in [0.2, 0.25) is 0 Å². The highest BCUT2D eigenvalue weighted by atomic mass is 32.1. The topological polar surface area (TPSA) is 71.1 Å². The van der Waals surface area contributed by atoms with Gasteiger partial charge in [0.1, 0.15) is 10.7 Å². The SMILES string of the molecule is Cc1ccccc1NC(=O)c1sc(NC(=O)c2cccc(F)c2)nc1C. The second-order valence-corrected chi connectivity index (χ2v) is 6.67. The van der Waals surface area contributed by atoms with E-state index in [9.17, 15) is 14.0 Å². The van der Waals surface area contributed by atoms with E-state index in [2.05, 4.69) is 15.6 Å². The first-order valence-electron chi connectivity index (χ1n) is 7.85. The molecule has 7 heteroatoms. The zero-order valence-electron chi connectivity index (χ0n) is 14.2. The maximum absolute atomic E-state index is 13.2. The van der Waals surface area contributed by atoms with Crippen LogP contribution in [0.4, 0.5) is 15.2 Å². The fourth-order valence-corrected chi connectivity index (χ4v) is 3.21. The molecule has 0 aliphatic rings. The highest BCUT2D eigenvalue weighted by Gasteiger charge is 2.18. The predicted molar refractivity (Wildman–Crippen MR) is 100 cm³/mol. The maximum atomic E-state index is 13.2. The molecule has 5 nitrogen and oxygen atoms in total. The van der Waals surface area contributed by atoms with Gasteiger partial charge >= 0.3 is 0 Å². The number of halogens is 1.